The van der Waals surface area contributed by atoms with Crippen molar-refractivity contribution in [3.63, 3.8) is 0 Å². The predicted molar refractivity (Wildman–Crippen MR) is 50.4 cm³/mol. The number of likely N-dealkylation sites (N-methyl/N-ethyl adjacent to an activating group) is 1. The van der Waals surface area contributed by atoms with Crippen molar-refractivity contribution in [3.8, 4) is 0 Å². The van der Waals surface area contributed by atoms with Crippen LogP contribution in [0.1, 0.15) is 20.3 Å². The van der Waals surface area contributed by atoms with Gasteiger partial charge in [-0.1, -0.05) is 6.92 Å². The molecule has 0 radical (unpaired) electrons. The van der Waals surface area contributed by atoms with E-state index in [9.17, 15) is 4.79 Å². The van der Waals surface area contributed by atoms with Crippen molar-refractivity contribution in [1.29, 1.82) is 0 Å². The molecule has 13 heavy (non-hydrogen) atoms. The minimum absolute atomic E-state index is 0.0221. The molecule has 0 aliphatic carbocycles. The van der Waals surface area contributed by atoms with Crippen molar-refractivity contribution < 1.29 is 14.6 Å². The predicted octanol–water partition coefficient (Wildman–Crippen LogP) is 0.252. The average molecular weight is 189 g/mol. The summed E-state index contributed by atoms with van der Waals surface area (Å²) in [6.45, 7) is 3.97. The van der Waals surface area contributed by atoms with Gasteiger partial charge >= 0.3 is 0 Å². The Morgan fingerprint density at radius 2 is 2.15 bits per heavy atom. The number of aliphatic hydroxyl groups is 1. The van der Waals surface area contributed by atoms with E-state index < -0.39 is 5.60 Å². The van der Waals surface area contributed by atoms with E-state index in [4.69, 9.17) is 9.84 Å². The standard InChI is InChI=1S/C9H19NO3/c1-5-9(2,13-4)8(12)10(3)6-7-11/h11H,5-7H2,1-4H3. The van der Waals surface area contributed by atoms with Crippen LogP contribution in [-0.2, 0) is 9.53 Å². The molecule has 0 aromatic carbocycles. The van der Waals surface area contributed by atoms with Crippen LogP contribution in [-0.4, -0.2) is 48.8 Å². The summed E-state index contributed by atoms with van der Waals surface area (Å²) in [6, 6.07) is 0. The molecule has 0 aromatic rings. The second-order valence-corrected chi connectivity index (χ2v) is 3.24. The van der Waals surface area contributed by atoms with E-state index in [0.717, 1.165) is 0 Å². The van der Waals surface area contributed by atoms with Crippen LogP contribution in [0.5, 0.6) is 0 Å². The van der Waals surface area contributed by atoms with Gasteiger partial charge in [0.25, 0.3) is 5.91 Å². The van der Waals surface area contributed by atoms with Crippen molar-refractivity contribution >= 4 is 5.91 Å². The number of methoxy groups -OCH3 is 1. The minimum Gasteiger partial charge on any atom is -0.395 e. The van der Waals surface area contributed by atoms with Crippen LogP contribution < -0.4 is 0 Å². The molecule has 1 atom stereocenters. The number of amides is 1. The topological polar surface area (TPSA) is 49.8 Å². The van der Waals surface area contributed by atoms with Gasteiger partial charge < -0.3 is 14.7 Å². The highest BCUT2D eigenvalue weighted by Gasteiger charge is 2.33. The first-order valence-corrected chi connectivity index (χ1v) is 4.43. The van der Waals surface area contributed by atoms with Crippen LogP contribution in [0.25, 0.3) is 0 Å². The van der Waals surface area contributed by atoms with Gasteiger partial charge in [0.2, 0.25) is 0 Å². The lowest BCUT2D eigenvalue weighted by Crippen LogP contribution is -2.47. The first-order chi connectivity index (χ1) is 6.01. The Balaban J connectivity index is 4.37. The van der Waals surface area contributed by atoms with Gasteiger partial charge in [-0.15, -0.1) is 0 Å². The normalized spacial score (nSPS) is 15.2. The Bertz CT molecular complexity index is 166. The smallest absolute Gasteiger partial charge is 0.254 e. The summed E-state index contributed by atoms with van der Waals surface area (Å²) in [4.78, 5) is 13.2. The van der Waals surface area contributed by atoms with E-state index in [1.165, 1.54) is 12.0 Å². The first-order valence-electron chi connectivity index (χ1n) is 4.43. The summed E-state index contributed by atoms with van der Waals surface area (Å²) in [5.41, 5.74) is -0.760. The van der Waals surface area contributed by atoms with Gasteiger partial charge in [-0.2, -0.15) is 0 Å². The third kappa shape index (κ3) is 2.97. The van der Waals surface area contributed by atoms with Crippen molar-refractivity contribution in [3.05, 3.63) is 0 Å². The number of carbonyl (C=O) groups is 1. The number of aliphatic hydroxyl groups excluding tert-OH is 1. The van der Waals surface area contributed by atoms with Gasteiger partial charge in [-0.3, -0.25) is 4.79 Å². The van der Waals surface area contributed by atoms with Crippen molar-refractivity contribution in [2.75, 3.05) is 27.3 Å². The molecular formula is C9H19NO3. The van der Waals surface area contributed by atoms with Gasteiger partial charge in [0.05, 0.1) is 6.61 Å². The summed E-state index contributed by atoms with van der Waals surface area (Å²) in [5, 5.41) is 8.66. The molecule has 0 bridgehead atoms. The molecule has 1 N–H and O–H groups in total. The second-order valence-electron chi connectivity index (χ2n) is 3.24. The third-order valence-corrected chi connectivity index (χ3v) is 2.36. The molecule has 0 fully saturated rings. The quantitative estimate of drug-likeness (QED) is 0.674. The van der Waals surface area contributed by atoms with Gasteiger partial charge in [0, 0.05) is 20.7 Å². The van der Waals surface area contributed by atoms with E-state index >= 15 is 0 Å². The molecule has 0 spiro atoms. The third-order valence-electron chi connectivity index (χ3n) is 2.36. The number of rotatable bonds is 5. The lowest BCUT2D eigenvalue weighted by Gasteiger charge is -2.30. The number of hydrogen-bond donors (Lipinski definition) is 1. The Morgan fingerprint density at radius 3 is 2.46 bits per heavy atom. The van der Waals surface area contributed by atoms with Crippen LogP contribution in [0.15, 0.2) is 0 Å². The molecule has 1 unspecified atom stereocenters. The largest absolute Gasteiger partial charge is 0.395 e. The lowest BCUT2D eigenvalue weighted by atomic mass is 10.0. The molecular weight excluding hydrogens is 170 g/mol. The van der Waals surface area contributed by atoms with Gasteiger partial charge in [0.1, 0.15) is 5.60 Å². The highest BCUT2D eigenvalue weighted by Crippen LogP contribution is 2.16. The van der Waals surface area contributed by atoms with E-state index in [0.29, 0.717) is 13.0 Å². The summed E-state index contributed by atoms with van der Waals surface area (Å²) in [7, 11) is 3.18. The zero-order valence-electron chi connectivity index (χ0n) is 8.83. The summed E-state index contributed by atoms with van der Waals surface area (Å²) >= 11 is 0. The summed E-state index contributed by atoms with van der Waals surface area (Å²) in [5.74, 6) is -0.0912. The Labute approximate surface area is 79.5 Å². The molecule has 4 heteroatoms. The fourth-order valence-electron chi connectivity index (χ4n) is 1.04. The van der Waals surface area contributed by atoms with E-state index in [1.807, 2.05) is 6.92 Å². The maximum Gasteiger partial charge on any atom is 0.254 e. The van der Waals surface area contributed by atoms with E-state index in [-0.39, 0.29) is 12.5 Å². The second kappa shape index (κ2) is 5.19. The number of ether oxygens (including phenoxy) is 1. The lowest BCUT2D eigenvalue weighted by molar-refractivity contribution is -0.152. The minimum atomic E-state index is -0.760. The highest BCUT2D eigenvalue weighted by molar-refractivity contribution is 5.84. The zero-order chi connectivity index (χ0) is 10.5. The van der Waals surface area contributed by atoms with Crippen LogP contribution in [0, 0.1) is 0 Å². The van der Waals surface area contributed by atoms with Gasteiger partial charge in [-0.25, -0.2) is 0 Å². The molecule has 4 nitrogen and oxygen atoms in total. The molecule has 0 saturated carbocycles. The fraction of sp³-hybridized carbons (Fsp3) is 0.889. The van der Waals surface area contributed by atoms with Crippen LogP contribution in [0.2, 0.25) is 0 Å². The molecule has 0 saturated heterocycles. The van der Waals surface area contributed by atoms with Crippen LogP contribution in [0.4, 0.5) is 0 Å². The molecule has 0 heterocycles. The molecule has 0 aromatic heterocycles. The molecule has 0 aliphatic heterocycles. The van der Waals surface area contributed by atoms with Crippen molar-refractivity contribution in [1.82, 2.24) is 4.90 Å². The highest BCUT2D eigenvalue weighted by atomic mass is 16.5. The van der Waals surface area contributed by atoms with Crippen LogP contribution in [0.3, 0.4) is 0 Å². The maximum absolute atomic E-state index is 11.7. The Kier molecular flexibility index (Phi) is 4.95. The number of hydrogen-bond acceptors (Lipinski definition) is 3. The fourth-order valence-corrected chi connectivity index (χ4v) is 1.04. The van der Waals surface area contributed by atoms with Crippen molar-refractivity contribution in [2.24, 2.45) is 0 Å². The average Bonchev–Trinajstić information content (AvgIpc) is 2.16. The van der Waals surface area contributed by atoms with Crippen LogP contribution >= 0.6 is 0 Å². The SMILES string of the molecule is CCC(C)(OC)C(=O)N(C)CCO. The van der Waals surface area contributed by atoms with E-state index in [2.05, 4.69) is 0 Å². The number of carbonyl (C=O) groups excluding carboxylic acids is 1. The monoisotopic (exact) mass is 189 g/mol. The van der Waals surface area contributed by atoms with Gasteiger partial charge in [0.15, 0.2) is 0 Å². The molecule has 1 amide bonds. The van der Waals surface area contributed by atoms with E-state index in [1.54, 1.807) is 14.0 Å². The molecule has 0 aliphatic rings. The molecule has 0 rings (SSSR count). The Morgan fingerprint density at radius 1 is 1.62 bits per heavy atom. The van der Waals surface area contributed by atoms with Crippen molar-refractivity contribution in [2.45, 2.75) is 25.9 Å². The van der Waals surface area contributed by atoms with Gasteiger partial charge in [-0.05, 0) is 13.3 Å². The first kappa shape index (κ1) is 12.4. The zero-order valence-corrected chi connectivity index (χ0v) is 8.83. The maximum atomic E-state index is 11.7. The number of nitrogens with zero attached hydrogens (tertiary/aromatic N) is 1. The summed E-state index contributed by atoms with van der Waals surface area (Å²) < 4.78 is 5.14. The molecule has 78 valence electrons. The summed E-state index contributed by atoms with van der Waals surface area (Å²) in [6.07, 6.45) is 0.623. The Hall–Kier alpha value is -0.610.